The fourth-order valence-electron chi connectivity index (χ4n) is 1.72. The summed E-state index contributed by atoms with van der Waals surface area (Å²) in [6.45, 7) is 2.18. The van der Waals surface area contributed by atoms with E-state index in [1.54, 1.807) is 0 Å². The van der Waals surface area contributed by atoms with Crippen LogP contribution in [0.25, 0.3) is 0 Å². The summed E-state index contributed by atoms with van der Waals surface area (Å²) in [5.41, 5.74) is 0.768. The van der Waals surface area contributed by atoms with Crippen molar-refractivity contribution in [1.29, 1.82) is 0 Å². The van der Waals surface area contributed by atoms with Crippen molar-refractivity contribution in [3.8, 4) is 0 Å². The molecule has 1 unspecified atom stereocenters. The molecule has 0 radical (unpaired) electrons. The van der Waals surface area contributed by atoms with Gasteiger partial charge in [-0.25, -0.2) is 4.79 Å². The summed E-state index contributed by atoms with van der Waals surface area (Å²) in [5.74, 6) is 0.578. The van der Waals surface area contributed by atoms with Gasteiger partial charge in [-0.05, 0) is 44.4 Å². The van der Waals surface area contributed by atoms with Crippen molar-refractivity contribution < 1.29 is 9.53 Å². The highest BCUT2D eigenvalue weighted by molar-refractivity contribution is 9.28. The number of cyclic esters (lactones) is 1. The van der Waals surface area contributed by atoms with Crippen LogP contribution in [0.4, 0.5) is 0 Å². The van der Waals surface area contributed by atoms with Crippen LogP contribution in [0.15, 0.2) is 20.8 Å². The molecule has 0 saturated carbocycles. The molecule has 1 aliphatic heterocycles. The molecule has 0 spiro atoms. The maximum atomic E-state index is 11.7. The Hall–Kier alpha value is 0.390. The smallest absolute Gasteiger partial charge is 0.339 e. The Labute approximate surface area is 127 Å². The second kappa shape index (κ2) is 7.74. The van der Waals surface area contributed by atoms with Gasteiger partial charge in [0.15, 0.2) is 5.76 Å². The molecule has 17 heavy (non-hydrogen) atoms. The quantitative estimate of drug-likeness (QED) is 0.336. The summed E-state index contributed by atoms with van der Waals surface area (Å²) in [7, 11) is 0. The third kappa shape index (κ3) is 4.52. The summed E-state index contributed by atoms with van der Waals surface area (Å²) in [6.07, 6.45) is 6.38. The fraction of sp³-hybridized carbons (Fsp3) is 0.583. The molecule has 0 fully saturated rings. The standard InChI is InChI=1S/C12H15Br3O2/c1-2-3-4-5-8(7-13)9-6-10(11(14)15)17-12(9)16/h6,8H,2-5,7H2,1H3. The van der Waals surface area contributed by atoms with Crippen LogP contribution in [-0.2, 0) is 9.53 Å². The summed E-state index contributed by atoms with van der Waals surface area (Å²) in [5, 5.41) is 0.796. The lowest BCUT2D eigenvalue weighted by Crippen LogP contribution is -2.12. The van der Waals surface area contributed by atoms with E-state index in [1.165, 1.54) is 12.8 Å². The summed E-state index contributed by atoms with van der Waals surface area (Å²) in [4.78, 5) is 11.7. The third-order valence-electron chi connectivity index (χ3n) is 2.69. The zero-order valence-electron chi connectivity index (χ0n) is 9.64. The molecule has 0 aromatic carbocycles. The van der Waals surface area contributed by atoms with Crippen molar-refractivity contribution >= 4 is 53.8 Å². The van der Waals surface area contributed by atoms with E-state index in [1.807, 2.05) is 6.08 Å². The Bertz CT molecular complexity index is 344. The van der Waals surface area contributed by atoms with Crippen molar-refractivity contribution in [1.82, 2.24) is 0 Å². The Morgan fingerprint density at radius 3 is 2.59 bits per heavy atom. The minimum Gasteiger partial charge on any atom is -0.421 e. The van der Waals surface area contributed by atoms with Gasteiger partial charge in [0.05, 0.1) is 0 Å². The molecular formula is C12H15Br3O2. The van der Waals surface area contributed by atoms with E-state index in [2.05, 4.69) is 54.7 Å². The molecule has 1 aliphatic rings. The highest BCUT2D eigenvalue weighted by Crippen LogP contribution is 2.32. The van der Waals surface area contributed by atoms with Gasteiger partial charge in [-0.3, -0.25) is 0 Å². The van der Waals surface area contributed by atoms with Crippen molar-refractivity contribution in [2.45, 2.75) is 32.6 Å². The van der Waals surface area contributed by atoms with Gasteiger partial charge in [-0.1, -0.05) is 42.1 Å². The molecule has 0 aromatic heterocycles. The predicted octanol–water partition coefficient (Wildman–Crippen LogP) is 5.02. The van der Waals surface area contributed by atoms with Gasteiger partial charge in [0.1, 0.15) is 3.39 Å². The number of hydrogen-bond donors (Lipinski definition) is 0. The highest BCUT2D eigenvalue weighted by Gasteiger charge is 2.28. The molecule has 1 rings (SSSR count). The molecule has 5 heteroatoms. The van der Waals surface area contributed by atoms with Gasteiger partial charge in [-0.15, -0.1) is 0 Å². The number of hydrogen-bond acceptors (Lipinski definition) is 2. The van der Waals surface area contributed by atoms with E-state index < -0.39 is 0 Å². The minimum absolute atomic E-state index is 0.225. The Morgan fingerprint density at radius 1 is 1.41 bits per heavy atom. The van der Waals surface area contributed by atoms with E-state index >= 15 is 0 Å². The number of halogens is 3. The van der Waals surface area contributed by atoms with Crippen LogP contribution in [0.5, 0.6) is 0 Å². The van der Waals surface area contributed by atoms with Gasteiger partial charge in [0.25, 0.3) is 0 Å². The van der Waals surface area contributed by atoms with Crippen LogP contribution < -0.4 is 0 Å². The Kier molecular flexibility index (Phi) is 7.04. The normalized spacial score (nSPS) is 16.8. The zero-order valence-corrected chi connectivity index (χ0v) is 14.4. The summed E-state index contributed by atoms with van der Waals surface area (Å²) in [6, 6.07) is 0. The molecule has 2 nitrogen and oxygen atoms in total. The first-order valence-electron chi connectivity index (χ1n) is 5.65. The maximum Gasteiger partial charge on any atom is 0.339 e. The molecule has 0 saturated heterocycles. The SMILES string of the molecule is CCCCCC(CBr)C1=CC(=C(Br)Br)OC1=O. The number of unbranched alkanes of at least 4 members (excludes halogenated alkanes) is 2. The zero-order chi connectivity index (χ0) is 12.8. The molecule has 1 atom stereocenters. The molecule has 0 amide bonds. The van der Waals surface area contributed by atoms with E-state index in [0.29, 0.717) is 9.15 Å². The van der Waals surface area contributed by atoms with E-state index in [9.17, 15) is 4.79 Å². The van der Waals surface area contributed by atoms with Crippen molar-refractivity contribution in [3.05, 3.63) is 20.8 Å². The molecule has 0 aliphatic carbocycles. The largest absolute Gasteiger partial charge is 0.421 e. The van der Waals surface area contributed by atoms with Crippen molar-refractivity contribution in [2.75, 3.05) is 5.33 Å². The van der Waals surface area contributed by atoms with Gasteiger partial charge >= 0.3 is 5.97 Å². The third-order valence-corrected chi connectivity index (χ3v) is 4.26. The number of allylic oxidation sites excluding steroid dienone is 1. The van der Waals surface area contributed by atoms with Crippen LogP contribution >= 0.6 is 47.8 Å². The van der Waals surface area contributed by atoms with E-state index in [4.69, 9.17) is 4.74 Å². The summed E-state index contributed by atoms with van der Waals surface area (Å²) >= 11 is 9.98. The lowest BCUT2D eigenvalue weighted by molar-refractivity contribution is -0.133. The highest BCUT2D eigenvalue weighted by atomic mass is 79.9. The van der Waals surface area contributed by atoms with Crippen LogP contribution in [-0.4, -0.2) is 11.3 Å². The van der Waals surface area contributed by atoms with E-state index in [-0.39, 0.29) is 11.9 Å². The number of rotatable bonds is 6. The Balaban J connectivity index is 2.71. The number of carbonyl (C=O) groups excluding carboxylic acids is 1. The molecule has 0 bridgehead atoms. The monoisotopic (exact) mass is 428 g/mol. The molecule has 0 N–H and O–H groups in total. The maximum absolute atomic E-state index is 11.7. The molecule has 1 heterocycles. The van der Waals surface area contributed by atoms with Crippen LogP contribution in [0, 0.1) is 5.92 Å². The van der Waals surface area contributed by atoms with Gasteiger partial charge < -0.3 is 4.74 Å². The minimum atomic E-state index is -0.225. The van der Waals surface area contributed by atoms with Gasteiger partial charge in [0.2, 0.25) is 0 Å². The molecule has 96 valence electrons. The molecular weight excluding hydrogens is 416 g/mol. The predicted molar refractivity (Wildman–Crippen MR) is 80.5 cm³/mol. The first-order chi connectivity index (χ1) is 8.10. The van der Waals surface area contributed by atoms with Gasteiger partial charge in [-0.2, -0.15) is 0 Å². The molecule has 0 aromatic rings. The first kappa shape index (κ1) is 15.4. The topological polar surface area (TPSA) is 26.3 Å². The average Bonchev–Trinajstić information content (AvgIpc) is 2.67. The van der Waals surface area contributed by atoms with Crippen molar-refractivity contribution in [3.63, 3.8) is 0 Å². The van der Waals surface area contributed by atoms with Crippen LogP contribution in [0.1, 0.15) is 32.6 Å². The van der Waals surface area contributed by atoms with Crippen molar-refractivity contribution in [2.24, 2.45) is 5.92 Å². The number of alkyl halides is 1. The number of ether oxygens (including phenoxy) is 1. The lowest BCUT2D eigenvalue weighted by atomic mass is 9.95. The number of esters is 1. The van der Waals surface area contributed by atoms with Crippen LogP contribution in [0.2, 0.25) is 0 Å². The van der Waals surface area contributed by atoms with Crippen LogP contribution in [0.3, 0.4) is 0 Å². The second-order valence-corrected chi connectivity index (χ2v) is 7.26. The second-order valence-electron chi connectivity index (χ2n) is 3.96. The lowest BCUT2D eigenvalue weighted by Gasteiger charge is -2.12. The first-order valence-corrected chi connectivity index (χ1v) is 8.35. The fourth-order valence-corrected chi connectivity index (χ4v) is 2.79. The average molecular weight is 431 g/mol. The number of carbonyl (C=O) groups is 1. The van der Waals surface area contributed by atoms with E-state index in [0.717, 1.165) is 23.7 Å². The Morgan fingerprint density at radius 2 is 2.12 bits per heavy atom. The summed E-state index contributed by atoms with van der Waals surface area (Å²) < 4.78 is 5.83. The van der Waals surface area contributed by atoms with Gasteiger partial charge in [0, 0.05) is 16.8 Å².